The molecule has 2 rings (SSSR count). The van der Waals surface area contributed by atoms with E-state index in [9.17, 15) is 32.7 Å². The Morgan fingerprint density at radius 3 is 2.21 bits per heavy atom. The number of aliphatic carboxylic acids is 1. The van der Waals surface area contributed by atoms with Gasteiger partial charge in [0.1, 0.15) is 18.0 Å². The van der Waals surface area contributed by atoms with Crippen molar-refractivity contribution < 1.29 is 37.8 Å². The van der Waals surface area contributed by atoms with Crippen LogP contribution in [-0.2, 0) is 33.4 Å². The normalized spacial score (nSPS) is 12.2. The maximum Gasteiger partial charge on any atom is 0.416 e. The fourth-order valence-corrected chi connectivity index (χ4v) is 2.45. The summed E-state index contributed by atoms with van der Waals surface area (Å²) in [5, 5.41) is 21.2. The van der Waals surface area contributed by atoms with Gasteiger partial charge in [0.05, 0.1) is 17.7 Å². The molecule has 28 heavy (non-hydrogen) atoms. The van der Waals surface area contributed by atoms with Crippen LogP contribution < -0.4 is 5.32 Å². The van der Waals surface area contributed by atoms with Crippen molar-refractivity contribution in [3.05, 3.63) is 59.2 Å². The van der Waals surface area contributed by atoms with Crippen LogP contribution in [0.3, 0.4) is 0 Å². The third-order valence-electron chi connectivity index (χ3n) is 3.92. The SMILES string of the molecule is O=CC(Cc1ccc(O)c(NC(=O)Cc2ccc(C(F)(F)F)cc2)c1)C(=O)O. The topological polar surface area (TPSA) is 104 Å². The molecule has 0 radical (unpaired) electrons. The minimum absolute atomic E-state index is 0.00412. The number of aromatic hydroxyl groups is 1. The molecular weight excluding hydrogens is 379 g/mol. The first-order valence-corrected chi connectivity index (χ1v) is 8.06. The fraction of sp³-hybridized carbons (Fsp3) is 0.211. The van der Waals surface area contributed by atoms with E-state index in [1.807, 2.05) is 0 Å². The van der Waals surface area contributed by atoms with Crippen LogP contribution in [0.15, 0.2) is 42.5 Å². The van der Waals surface area contributed by atoms with Gasteiger partial charge in [-0.25, -0.2) is 0 Å². The van der Waals surface area contributed by atoms with Gasteiger partial charge in [0.15, 0.2) is 0 Å². The van der Waals surface area contributed by atoms with E-state index < -0.39 is 29.5 Å². The number of carboxylic acids is 1. The third-order valence-corrected chi connectivity index (χ3v) is 3.92. The van der Waals surface area contributed by atoms with Crippen molar-refractivity contribution in [2.75, 3.05) is 5.32 Å². The Bertz CT molecular complexity index is 878. The van der Waals surface area contributed by atoms with Crippen LogP contribution in [-0.4, -0.2) is 28.4 Å². The minimum Gasteiger partial charge on any atom is -0.506 e. The molecule has 1 atom stereocenters. The van der Waals surface area contributed by atoms with E-state index in [2.05, 4.69) is 5.32 Å². The van der Waals surface area contributed by atoms with E-state index in [4.69, 9.17) is 5.11 Å². The highest BCUT2D eigenvalue weighted by Gasteiger charge is 2.30. The van der Waals surface area contributed by atoms with E-state index in [-0.39, 0.29) is 30.6 Å². The number of hydrogen-bond donors (Lipinski definition) is 3. The van der Waals surface area contributed by atoms with Gasteiger partial charge in [-0.1, -0.05) is 18.2 Å². The molecule has 2 aromatic carbocycles. The molecule has 2 aromatic rings. The first-order valence-electron chi connectivity index (χ1n) is 8.06. The van der Waals surface area contributed by atoms with Gasteiger partial charge < -0.3 is 20.3 Å². The minimum atomic E-state index is -4.47. The second kappa shape index (κ2) is 8.55. The number of amides is 1. The highest BCUT2D eigenvalue weighted by atomic mass is 19.4. The maximum absolute atomic E-state index is 12.6. The molecule has 0 aliphatic rings. The highest BCUT2D eigenvalue weighted by Crippen LogP contribution is 2.29. The number of rotatable bonds is 7. The zero-order valence-electron chi connectivity index (χ0n) is 14.4. The molecule has 0 spiro atoms. The van der Waals surface area contributed by atoms with Crippen LogP contribution in [0.1, 0.15) is 16.7 Å². The van der Waals surface area contributed by atoms with Gasteiger partial charge in [0, 0.05) is 0 Å². The van der Waals surface area contributed by atoms with E-state index in [1.54, 1.807) is 0 Å². The van der Waals surface area contributed by atoms with Crippen molar-refractivity contribution in [3.8, 4) is 5.75 Å². The quantitative estimate of drug-likeness (QED) is 0.380. The lowest BCUT2D eigenvalue weighted by Crippen LogP contribution is -2.18. The van der Waals surface area contributed by atoms with Gasteiger partial charge in [-0.05, 0) is 41.8 Å². The highest BCUT2D eigenvalue weighted by molar-refractivity contribution is 5.93. The number of hydrogen-bond acceptors (Lipinski definition) is 4. The molecule has 0 fully saturated rings. The zero-order chi connectivity index (χ0) is 20.9. The number of anilines is 1. The number of phenolic OH excluding ortho intramolecular Hbond substituents is 1. The van der Waals surface area contributed by atoms with Crippen molar-refractivity contribution in [3.63, 3.8) is 0 Å². The van der Waals surface area contributed by atoms with Gasteiger partial charge in [0.2, 0.25) is 5.91 Å². The summed E-state index contributed by atoms with van der Waals surface area (Å²) in [4.78, 5) is 33.9. The Hall–Kier alpha value is -3.36. The molecule has 0 aliphatic heterocycles. The molecule has 0 heterocycles. The van der Waals surface area contributed by atoms with Crippen LogP contribution in [0.2, 0.25) is 0 Å². The number of halogens is 3. The lowest BCUT2D eigenvalue weighted by atomic mass is 10.00. The Kier molecular flexibility index (Phi) is 6.40. The van der Waals surface area contributed by atoms with Gasteiger partial charge in [-0.15, -0.1) is 0 Å². The summed E-state index contributed by atoms with van der Waals surface area (Å²) >= 11 is 0. The molecule has 0 bridgehead atoms. The molecule has 6 nitrogen and oxygen atoms in total. The predicted molar refractivity (Wildman–Crippen MR) is 92.8 cm³/mol. The van der Waals surface area contributed by atoms with Gasteiger partial charge in [-0.3, -0.25) is 9.59 Å². The Balaban J connectivity index is 2.08. The van der Waals surface area contributed by atoms with E-state index in [0.29, 0.717) is 11.1 Å². The lowest BCUT2D eigenvalue weighted by Gasteiger charge is -2.11. The molecule has 3 N–H and O–H groups in total. The summed E-state index contributed by atoms with van der Waals surface area (Å²) in [6.45, 7) is 0. The van der Waals surface area contributed by atoms with Crippen LogP contribution >= 0.6 is 0 Å². The van der Waals surface area contributed by atoms with Crippen molar-refractivity contribution in [2.45, 2.75) is 19.0 Å². The first-order chi connectivity index (χ1) is 13.1. The molecule has 148 valence electrons. The lowest BCUT2D eigenvalue weighted by molar-refractivity contribution is -0.143. The molecule has 9 heteroatoms. The average Bonchev–Trinajstić information content (AvgIpc) is 2.61. The summed E-state index contributed by atoms with van der Waals surface area (Å²) in [7, 11) is 0. The van der Waals surface area contributed by atoms with Crippen molar-refractivity contribution in [1.29, 1.82) is 0 Å². The zero-order valence-corrected chi connectivity index (χ0v) is 14.4. The molecule has 1 unspecified atom stereocenters. The molecule has 0 aliphatic carbocycles. The summed E-state index contributed by atoms with van der Waals surface area (Å²) in [6, 6.07) is 8.09. The van der Waals surface area contributed by atoms with E-state index in [0.717, 1.165) is 12.1 Å². The van der Waals surface area contributed by atoms with Crippen LogP contribution in [0, 0.1) is 5.92 Å². The average molecular weight is 395 g/mol. The largest absolute Gasteiger partial charge is 0.506 e. The van der Waals surface area contributed by atoms with Crippen molar-refractivity contribution in [2.24, 2.45) is 5.92 Å². The number of alkyl halides is 3. The van der Waals surface area contributed by atoms with Gasteiger partial charge in [-0.2, -0.15) is 13.2 Å². The summed E-state index contributed by atoms with van der Waals surface area (Å²) in [5.41, 5.74) is -0.0789. The van der Waals surface area contributed by atoms with Gasteiger partial charge >= 0.3 is 12.1 Å². The number of nitrogens with one attached hydrogen (secondary N) is 1. The molecule has 0 aromatic heterocycles. The maximum atomic E-state index is 12.6. The summed E-state index contributed by atoms with van der Waals surface area (Å²) in [6.07, 6.45) is -4.53. The second-order valence-electron chi connectivity index (χ2n) is 6.06. The van der Waals surface area contributed by atoms with Crippen LogP contribution in [0.5, 0.6) is 5.75 Å². The molecule has 0 saturated heterocycles. The smallest absolute Gasteiger partial charge is 0.416 e. The first kappa shape index (κ1) is 20.9. The Morgan fingerprint density at radius 1 is 1.07 bits per heavy atom. The number of carboxylic acid groups (broad SMARTS) is 1. The monoisotopic (exact) mass is 395 g/mol. The number of phenols is 1. The predicted octanol–water partition coefficient (Wildman–Crippen LogP) is 3.03. The second-order valence-corrected chi connectivity index (χ2v) is 6.06. The number of carbonyl (C=O) groups is 3. The third kappa shape index (κ3) is 5.57. The van der Waals surface area contributed by atoms with E-state index >= 15 is 0 Å². The number of benzene rings is 2. The van der Waals surface area contributed by atoms with Crippen LogP contribution in [0.4, 0.5) is 18.9 Å². The van der Waals surface area contributed by atoms with E-state index in [1.165, 1.54) is 30.3 Å². The summed E-state index contributed by atoms with van der Waals surface area (Å²) < 4.78 is 37.7. The van der Waals surface area contributed by atoms with Gasteiger partial charge in [0.25, 0.3) is 0 Å². The summed E-state index contributed by atoms with van der Waals surface area (Å²) in [5.74, 6) is -3.42. The number of carbonyl (C=O) groups excluding carboxylic acids is 2. The van der Waals surface area contributed by atoms with Crippen molar-refractivity contribution in [1.82, 2.24) is 0 Å². The van der Waals surface area contributed by atoms with Crippen LogP contribution in [0.25, 0.3) is 0 Å². The molecular formula is C19H16F3NO5. The molecule has 1 amide bonds. The Labute approximate surface area is 157 Å². The number of aldehydes is 1. The fourth-order valence-electron chi connectivity index (χ4n) is 2.45. The molecule has 0 saturated carbocycles. The Morgan fingerprint density at radius 2 is 1.68 bits per heavy atom. The van der Waals surface area contributed by atoms with Crippen molar-refractivity contribution >= 4 is 23.9 Å². The standard InChI is InChI=1S/C19H16F3NO5/c20-19(21,22)14-4-1-11(2-5-14)9-17(26)23-15-8-12(3-6-16(15)25)7-13(10-24)18(27)28/h1-6,8,10,13,25H,7,9H2,(H,23,26)(H,27,28).